The van der Waals surface area contributed by atoms with Crippen LogP contribution in [0.5, 0.6) is 0 Å². The van der Waals surface area contributed by atoms with Crippen LogP contribution in [0.15, 0.2) is 6.20 Å². The molecule has 4 bridgehead atoms. The van der Waals surface area contributed by atoms with Crippen LogP contribution in [-0.2, 0) is 0 Å². The van der Waals surface area contributed by atoms with Crippen molar-refractivity contribution in [2.45, 2.75) is 44.6 Å². The summed E-state index contributed by atoms with van der Waals surface area (Å²) < 4.78 is 0. The molecular formula is C20H30N4O2S. The van der Waals surface area contributed by atoms with Crippen molar-refractivity contribution in [3.63, 3.8) is 0 Å². The number of hydrogen-bond acceptors (Lipinski definition) is 6. The van der Waals surface area contributed by atoms with Gasteiger partial charge in [-0.25, -0.2) is 4.98 Å². The van der Waals surface area contributed by atoms with E-state index in [1.54, 1.807) is 6.20 Å². The van der Waals surface area contributed by atoms with Gasteiger partial charge < -0.3 is 20.6 Å². The zero-order chi connectivity index (χ0) is 18.4. The number of piperazine rings is 1. The number of anilines is 1. The number of nitrogens with zero attached hydrogens (tertiary/aromatic N) is 2. The molecular weight excluding hydrogens is 360 g/mol. The Morgan fingerprint density at radius 2 is 1.89 bits per heavy atom. The van der Waals surface area contributed by atoms with Crippen LogP contribution in [0.25, 0.3) is 0 Å². The summed E-state index contributed by atoms with van der Waals surface area (Å²) in [6.45, 7) is 3.82. The Bertz CT molecular complexity index is 665. The Hall–Kier alpha value is -1.18. The van der Waals surface area contributed by atoms with E-state index in [0.717, 1.165) is 49.1 Å². The first-order chi connectivity index (χ1) is 13.1. The second kappa shape index (κ2) is 7.01. The third-order valence-corrected chi connectivity index (χ3v) is 8.47. The first-order valence-corrected chi connectivity index (χ1v) is 11.3. The number of hydrogen-bond donors (Lipinski definition) is 3. The molecule has 1 unspecified atom stereocenters. The van der Waals surface area contributed by atoms with E-state index in [1.165, 1.54) is 49.9 Å². The van der Waals surface area contributed by atoms with Crippen LogP contribution in [0, 0.1) is 23.2 Å². The molecule has 1 saturated heterocycles. The number of rotatable bonds is 5. The molecule has 3 N–H and O–H groups in total. The predicted molar refractivity (Wildman–Crippen MR) is 106 cm³/mol. The first kappa shape index (κ1) is 17.9. The lowest BCUT2D eigenvalue weighted by molar-refractivity contribution is -0.0805. The van der Waals surface area contributed by atoms with E-state index in [0.29, 0.717) is 4.88 Å². The molecule has 1 aromatic heterocycles. The topological polar surface area (TPSA) is 77.5 Å². The third-order valence-electron chi connectivity index (χ3n) is 7.42. The summed E-state index contributed by atoms with van der Waals surface area (Å²) in [5.74, 6) is 2.36. The number of aliphatic hydroxyl groups excluding tert-OH is 1. The van der Waals surface area contributed by atoms with Crippen molar-refractivity contribution >= 4 is 22.4 Å². The zero-order valence-electron chi connectivity index (χ0n) is 15.8. The van der Waals surface area contributed by atoms with Crippen LogP contribution < -0.4 is 15.5 Å². The minimum absolute atomic E-state index is 0.0430. The molecule has 4 saturated carbocycles. The average molecular weight is 391 g/mol. The van der Waals surface area contributed by atoms with Gasteiger partial charge in [0.15, 0.2) is 5.13 Å². The molecule has 7 heteroatoms. The molecule has 0 spiro atoms. The molecule has 6 rings (SSSR count). The summed E-state index contributed by atoms with van der Waals surface area (Å²) in [5, 5.41) is 17.6. The van der Waals surface area contributed by atoms with Gasteiger partial charge in [-0.05, 0) is 61.7 Å². The van der Waals surface area contributed by atoms with Crippen LogP contribution in [0.3, 0.4) is 0 Å². The molecule has 6 nitrogen and oxygen atoms in total. The summed E-state index contributed by atoms with van der Waals surface area (Å²) in [5.41, 5.74) is 0.116. The van der Waals surface area contributed by atoms with Crippen molar-refractivity contribution < 1.29 is 9.90 Å². The second-order valence-corrected chi connectivity index (χ2v) is 10.2. The molecule has 1 amide bonds. The van der Waals surface area contributed by atoms with Crippen molar-refractivity contribution in [1.29, 1.82) is 0 Å². The fourth-order valence-electron chi connectivity index (χ4n) is 6.60. The summed E-state index contributed by atoms with van der Waals surface area (Å²) in [6.07, 6.45) is 9.35. The Morgan fingerprint density at radius 3 is 2.48 bits per heavy atom. The highest BCUT2D eigenvalue weighted by atomic mass is 32.1. The standard InChI is InChI=1S/C20H30N4O2S/c25-12-17(20-8-13-5-14(9-20)7-15(6-13)10-20)23-18(26)16-11-22-19(27-16)24-3-1-21-2-4-24/h11,13-15,17,21,25H,1-10,12H2,(H,23,26). The number of nitrogens with one attached hydrogen (secondary N) is 2. The van der Waals surface area contributed by atoms with E-state index in [4.69, 9.17) is 0 Å². The normalized spacial score (nSPS) is 36.0. The number of carbonyl (C=O) groups excluding carboxylic acids is 1. The summed E-state index contributed by atoms with van der Waals surface area (Å²) in [7, 11) is 0. The Balaban J connectivity index is 1.29. The monoisotopic (exact) mass is 390 g/mol. The van der Waals surface area contributed by atoms with Crippen molar-refractivity contribution in [2.75, 3.05) is 37.7 Å². The van der Waals surface area contributed by atoms with E-state index < -0.39 is 0 Å². The highest BCUT2D eigenvalue weighted by Gasteiger charge is 2.54. The lowest BCUT2D eigenvalue weighted by Gasteiger charge is -2.59. The van der Waals surface area contributed by atoms with Gasteiger partial charge in [-0.2, -0.15) is 0 Å². The van der Waals surface area contributed by atoms with E-state index >= 15 is 0 Å². The second-order valence-electron chi connectivity index (χ2n) is 9.23. The van der Waals surface area contributed by atoms with Crippen LogP contribution >= 0.6 is 11.3 Å². The molecule has 0 aromatic carbocycles. The third kappa shape index (κ3) is 3.28. The Morgan fingerprint density at radius 1 is 1.26 bits per heavy atom. The number of aromatic nitrogens is 1. The van der Waals surface area contributed by atoms with Crippen molar-refractivity contribution in [1.82, 2.24) is 15.6 Å². The number of carbonyl (C=O) groups is 1. The predicted octanol–water partition coefficient (Wildman–Crippen LogP) is 1.86. The van der Waals surface area contributed by atoms with Crippen LogP contribution in [-0.4, -0.2) is 54.8 Å². The fourth-order valence-corrected chi connectivity index (χ4v) is 7.47. The SMILES string of the molecule is O=C(NC(CO)C12CC3CC(CC(C3)C1)C2)c1cnc(N2CCNCC2)s1. The maximum absolute atomic E-state index is 12.9. The highest BCUT2D eigenvalue weighted by Crippen LogP contribution is 2.61. The van der Waals surface area contributed by atoms with E-state index in [-0.39, 0.29) is 24.0 Å². The molecule has 5 aliphatic rings. The first-order valence-electron chi connectivity index (χ1n) is 10.5. The smallest absolute Gasteiger partial charge is 0.263 e. The van der Waals surface area contributed by atoms with Crippen molar-refractivity contribution in [3.8, 4) is 0 Å². The van der Waals surface area contributed by atoms with Gasteiger partial charge in [0, 0.05) is 26.2 Å². The molecule has 148 valence electrons. The summed E-state index contributed by atoms with van der Waals surface area (Å²) in [4.78, 5) is 20.3. The number of thiazole rings is 1. The molecule has 1 atom stereocenters. The fraction of sp³-hybridized carbons (Fsp3) is 0.800. The van der Waals surface area contributed by atoms with Crippen molar-refractivity contribution in [3.05, 3.63) is 11.1 Å². The van der Waals surface area contributed by atoms with Gasteiger partial charge in [-0.3, -0.25) is 4.79 Å². The minimum Gasteiger partial charge on any atom is -0.394 e. The average Bonchev–Trinajstić information content (AvgIpc) is 3.16. The van der Waals surface area contributed by atoms with Crippen LogP contribution in [0.1, 0.15) is 48.2 Å². The quantitative estimate of drug-likeness (QED) is 0.715. The van der Waals surface area contributed by atoms with Gasteiger partial charge in [0.05, 0.1) is 18.8 Å². The molecule has 2 heterocycles. The van der Waals surface area contributed by atoms with Crippen LogP contribution in [0.2, 0.25) is 0 Å². The maximum Gasteiger partial charge on any atom is 0.263 e. The van der Waals surface area contributed by atoms with E-state index in [9.17, 15) is 9.90 Å². The van der Waals surface area contributed by atoms with Gasteiger partial charge in [0.1, 0.15) is 4.88 Å². The molecule has 5 fully saturated rings. The van der Waals surface area contributed by atoms with E-state index in [2.05, 4.69) is 20.5 Å². The largest absolute Gasteiger partial charge is 0.394 e. The summed E-state index contributed by atoms with van der Waals surface area (Å²) in [6, 6.07) is -0.122. The highest BCUT2D eigenvalue weighted by molar-refractivity contribution is 7.17. The number of aliphatic hydroxyl groups is 1. The maximum atomic E-state index is 12.9. The Labute approximate surface area is 164 Å². The molecule has 0 radical (unpaired) electrons. The Kier molecular flexibility index (Phi) is 4.64. The summed E-state index contributed by atoms with van der Waals surface area (Å²) >= 11 is 1.47. The molecule has 1 aliphatic heterocycles. The van der Waals surface area contributed by atoms with E-state index in [1.807, 2.05) is 0 Å². The lowest BCUT2D eigenvalue weighted by atomic mass is 9.47. The minimum atomic E-state index is -0.122. The van der Waals surface area contributed by atoms with Gasteiger partial charge >= 0.3 is 0 Å². The molecule has 4 aliphatic carbocycles. The van der Waals surface area contributed by atoms with Gasteiger partial charge in [0.25, 0.3) is 5.91 Å². The molecule has 27 heavy (non-hydrogen) atoms. The van der Waals surface area contributed by atoms with Gasteiger partial charge in [0.2, 0.25) is 0 Å². The lowest BCUT2D eigenvalue weighted by Crippen LogP contribution is -2.58. The zero-order valence-corrected chi connectivity index (χ0v) is 16.6. The number of amides is 1. The van der Waals surface area contributed by atoms with Gasteiger partial charge in [-0.1, -0.05) is 11.3 Å². The van der Waals surface area contributed by atoms with Crippen molar-refractivity contribution in [2.24, 2.45) is 23.2 Å². The van der Waals surface area contributed by atoms with Crippen LogP contribution in [0.4, 0.5) is 5.13 Å². The van der Waals surface area contributed by atoms with Gasteiger partial charge in [-0.15, -0.1) is 0 Å². The molecule has 1 aromatic rings.